The number of alkyl halides is 2. The molecule has 0 nitrogen and oxygen atoms in total. The number of halogens is 2. The maximum Gasteiger partial charge on any atom is 0.110 e. The largest absolute Gasteiger partial charge is 0.247 e. The first kappa shape index (κ1) is 13.3. The predicted octanol–water partition coefficient (Wildman–Crippen LogP) is 4.19. The molecule has 0 aliphatic carbocycles. The van der Waals surface area contributed by atoms with Gasteiger partial charge in [0.1, 0.15) is 12.3 Å². The maximum atomic E-state index is 13.1. The standard InChI is InChI=1S/C12H19F2/c1-9(2)5-6-11(13)8-12(14)7-10(3)4/h8,11-12H,1,3,5-7H2,2,4H3. The molecule has 0 aromatic carbocycles. The van der Waals surface area contributed by atoms with E-state index in [1.54, 1.807) is 6.92 Å². The van der Waals surface area contributed by atoms with Crippen molar-refractivity contribution in [2.45, 2.75) is 45.5 Å². The summed E-state index contributed by atoms with van der Waals surface area (Å²) in [5.74, 6) is 0. The molecule has 0 heterocycles. The van der Waals surface area contributed by atoms with E-state index in [4.69, 9.17) is 0 Å². The van der Waals surface area contributed by atoms with Gasteiger partial charge in [-0.05, 0) is 33.1 Å². The van der Waals surface area contributed by atoms with Gasteiger partial charge in [-0.2, -0.15) is 0 Å². The van der Waals surface area contributed by atoms with Crippen molar-refractivity contribution in [3.63, 3.8) is 0 Å². The van der Waals surface area contributed by atoms with Crippen LogP contribution in [0.3, 0.4) is 0 Å². The molecule has 0 N–H and O–H groups in total. The molecule has 0 aliphatic rings. The highest BCUT2D eigenvalue weighted by Crippen LogP contribution is 2.17. The van der Waals surface area contributed by atoms with E-state index in [0.717, 1.165) is 17.6 Å². The zero-order valence-corrected chi connectivity index (χ0v) is 9.02. The second-order valence-electron chi connectivity index (χ2n) is 3.88. The first-order valence-electron chi connectivity index (χ1n) is 4.83. The molecule has 0 spiro atoms. The van der Waals surface area contributed by atoms with Crippen LogP contribution in [-0.2, 0) is 0 Å². The van der Waals surface area contributed by atoms with Crippen LogP contribution in [0.25, 0.3) is 0 Å². The molecule has 0 aromatic rings. The molecule has 2 unspecified atom stereocenters. The molecule has 0 amide bonds. The maximum absolute atomic E-state index is 13.1. The van der Waals surface area contributed by atoms with Crippen molar-refractivity contribution in [1.82, 2.24) is 0 Å². The van der Waals surface area contributed by atoms with Crippen molar-refractivity contribution in [3.8, 4) is 0 Å². The van der Waals surface area contributed by atoms with Gasteiger partial charge in [0.25, 0.3) is 0 Å². The zero-order valence-electron chi connectivity index (χ0n) is 9.02. The Hall–Kier alpha value is -0.660. The van der Waals surface area contributed by atoms with Crippen LogP contribution in [-0.4, -0.2) is 12.3 Å². The second-order valence-corrected chi connectivity index (χ2v) is 3.88. The first-order chi connectivity index (χ1) is 6.41. The van der Waals surface area contributed by atoms with Crippen LogP contribution in [0.2, 0.25) is 0 Å². The molecule has 2 heteroatoms. The number of hydrogen-bond acceptors (Lipinski definition) is 0. The summed E-state index contributed by atoms with van der Waals surface area (Å²) in [5, 5.41) is 0. The van der Waals surface area contributed by atoms with E-state index in [9.17, 15) is 8.78 Å². The third-order valence-corrected chi connectivity index (χ3v) is 1.81. The summed E-state index contributed by atoms with van der Waals surface area (Å²) >= 11 is 0. The Morgan fingerprint density at radius 2 is 1.71 bits per heavy atom. The minimum atomic E-state index is -1.22. The minimum absolute atomic E-state index is 0.216. The smallest absolute Gasteiger partial charge is 0.110 e. The Labute approximate surface area is 85.7 Å². The normalized spacial score (nSPS) is 14.9. The van der Waals surface area contributed by atoms with Gasteiger partial charge in [0, 0.05) is 6.42 Å². The number of hydrogen-bond donors (Lipinski definition) is 0. The summed E-state index contributed by atoms with van der Waals surface area (Å²) in [4.78, 5) is 0. The second kappa shape index (κ2) is 6.74. The van der Waals surface area contributed by atoms with Crippen LogP contribution in [0, 0.1) is 6.42 Å². The Kier molecular flexibility index (Phi) is 6.43. The molecule has 0 bridgehead atoms. The summed E-state index contributed by atoms with van der Waals surface area (Å²) in [7, 11) is 0. The monoisotopic (exact) mass is 201 g/mol. The van der Waals surface area contributed by atoms with Crippen molar-refractivity contribution < 1.29 is 8.78 Å². The lowest BCUT2D eigenvalue weighted by Gasteiger charge is -2.11. The Morgan fingerprint density at radius 1 is 1.14 bits per heavy atom. The van der Waals surface area contributed by atoms with Gasteiger partial charge in [-0.25, -0.2) is 8.78 Å². The molecule has 2 atom stereocenters. The van der Waals surface area contributed by atoms with Gasteiger partial charge in [0.15, 0.2) is 0 Å². The molecule has 0 aliphatic heterocycles. The van der Waals surface area contributed by atoms with E-state index in [-0.39, 0.29) is 6.42 Å². The third-order valence-electron chi connectivity index (χ3n) is 1.81. The summed E-state index contributed by atoms with van der Waals surface area (Å²) in [5.41, 5.74) is 1.66. The minimum Gasteiger partial charge on any atom is -0.247 e. The molecular weight excluding hydrogens is 182 g/mol. The molecule has 0 saturated carbocycles. The zero-order chi connectivity index (χ0) is 11.1. The van der Waals surface area contributed by atoms with Crippen LogP contribution in [0.15, 0.2) is 24.3 Å². The molecule has 0 aromatic heterocycles. The molecule has 14 heavy (non-hydrogen) atoms. The fourth-order valence-corrected chi connectivity index (χ4v) is 1.11. The van der Waals surface area contributed by atoms with E-state index in [1.807, 2.05) is 6.92 Å². The molecule has 0 saturated heterocycles. The van der Waals surface area contributed by atoms with Gasteiger partial charge in [0.2, 0.25) is 0 Å². The quantitative estimate of drug-likeness (QED) is 0.542. The van der Waals surface area contributed by atoms with Gasteiger partial charge in [-0.3, -0.25) is 0 Å². The number of allylic oxidation sites excluding steroid dienone is 2. The van der Waals surface area contributed by atoms with Crippen LogP contribution in [0.4, 0.5) is 8.78 Å². The van der Waals surface area contributed by atoms with Crippen molar-refractivity contribution in [2.24, 2.45) is 0 Å². The van der Waals surface area contributed by atoms with E-state index >= 15 is 0 Å². The van der Waals surface area contributed by atoms with Crippen molar-refractivity contribution in [3.05, 3.63) is 30.7 Å². The van der Waals surface area contributed by atoms with E-state index in [2.05, 4.69) is 13.2 Å². The van der Waals surface area contributed by atoms with Crippen molar-refractivity contribution in [1.29, 1.82) is 0 Å². The van der Waals surface area contributed by atoms with Crippen molar-refractivity contribution >= 4 is 0 Å². The topological polar surface area (TPSA) is 0 Å². The molecule has 1 radical (unpaired) electrons. The van der Waals surface area contributed by atoms with Gasteiger partial charge < -0.3 is 0 Å². The van der Waals surface area contributed by atoms with Crippen LogP contribution < -0.4 is 0 Å². The summed E-state index contributed by atoms with van der Waals surface area (Å²) < 4.78 is 26.1. The molecular formula is C12H19F2. The molecule has 0 rings (SSSR count). The van der Waals surface area contributed by atoms with E-state index in [0.29, 0.717) is 12.8 Å². The third kappa shape index (κ3) is 7.96. The Morgan fingerprint density at radius 3 is 2.14 bits per heavy atom. The lowest BCUT2D eigenvalue weighted by molar-refractivity contribution is 0.281. The van der Waals surface area contributed by atoms with Gasteiger partial charge in [-0.1, -0.05) is 11.1 Å². The SMILES string of the molecule is C=C(C)CCC(F)[CH]C(F)CC(=C)C. The van der Waals surface area contributed by atoms with Gasteiger partial charge in [0.05, 0.1) is 0 Å². The van der Waals surface area contributed by atoms with Gasteiger partial charge in [-0.15, -0.1) is 13.2 Å². The molecule has 81 valence electrons. The van der Waals surface area contributed by atoms with E-state index in [1.165, 1.54) is 0 Å². The first-order valence-corrected chi connectivity index (χ1v) is 4.83. The van der Waals surface area contributed by atoms with E-state index < -0.39 is 12.3 Å². The lowest BCUT2D eigenvalue weighted by Crippen LogP contribution is -2.12. The lowest BCUT2D eigenvalue weighted by atomic mass is 10.0. The Bertz CT molecular complexity index is 196. The highest BCUT2D eigenvalue weighted by Gasteiger charge is 2.15. The average Bonchev–Trinajstić information content (AvgIpc) is 1.98. The summed E-state index contributed by atoms with van der Waals surface area (Å²) in [6.07, 6.45) is -0.136. The fourth-order valence-electron chi connectivity index (χ4n) is 1.11. The molecule has 0 fully saturated rings. The number of rotatable bonds is 7. The van der Waals surface area contributed by atoms with Crippen molar-refractivity contribution in [2.75, 3.05) is 0 Å². The fraction of sp³-hybridized carbons (Fsp3) is 0.583. The predicted molar refractivity (Wildman–Crippen MR) is 57.6 cm³/mol. The Balaban J connectivity index is 3.65. The average molecular weight is 201 g/mol. The highest BCUT2D eigenvalue weighted by molar-refractivity contribution is 4.98. The summed E-state index contributed by atoms with van der Waals surface area (Å²) in [6.45, 7) is 10.8. The van der Waals surface area contributed by atoms with Gasteiger partial charge >= 0.3 is 0 Å². The summed E-state index contributed by atoms with van der Waals surface area (Å²) in [6, 6.07) is 0. The highest BCUT2D eigenvalue weighted by atomic mass is 19.1. The van der Waals surface area contributed by atoms with Crippen LogP contribution in [0.5, 0.6) is 0 Å². The van der Waals surface area contributed by atoms with Crippen LogP contribution >= 0.6 is 0 Å². The van der Waals surface area contributed by atoms with Crippen LogP contribution in [0.1, 0.15) is 33.1 Å².